The summed E-state index contributed by atoms with van der Waals surface area (Å²) < 4.78 is 5.44. The lowest BCUT2D eigenvalue weighted by Crippen LogP contribution is -2.56. The summed E-state index contributed by atoms with van der Waals surface area (Å²) in [5.41, 5.74) is 1.44. The van der Waals surface area contributed by atoms with E-state index in [9.17, 15) is 4.79 Å². The minimum absolute atomic E-state index is 0.0711. The molecule has 4 bridgehead atoms. The lowest BCUT2D eigenvalue weighted by atomic mass is 9.48. The molecule has 27 heavy (non-hydrogen) atoms. The van der Waals surface area contributed by atoms with Gasteiger partial charge in [-0.15, -0.1) is 0 Å². The molecule has 1 aromatic carbocycles. The summed E-state index contributed by atoms with van der Waals surface area (Å²) in [4.78, 5) is 12.6. The van der Waals surface area contributed by atoms with Gasteiger partial charge in [0.15, 0.2) is 0 Å². The first-order chi connectivity index (χ1) is 13.0. The zero-order chi connectivity index (χ0) is 19.0. The second kappa shape index (κ2) is 7.46. The van der Waals surface area contributed by atoms with E-state index in [2.05, 4.69) is 24.5 Å². The molecule has 0 aliphatic heterocycles. The van der Waals surface area contributed by atoms with Crippen LogP contribution in [-0.4, -0.2) is 25.6 Å². The van der Waals surface area contributed by atoms with Crippen LogP contribution in [-0.2, 0) is 4.79 Å². The van der Waals surface area contributed by atoms with Crippen molar-refractivity contribution in [1.82, 2.24) is 10.6 Å². The Morgan fingerprint density at radius 2 is 1.70 bits per heavy atom. The summed E-state index contributed by atoms with van der Waals surface area (Å²) in [5.74, 6) is 3.72. The van der Waals surface area contributed by atoms with E-state index in [0.717, 1.165) is 29.1 Å². The monoisotopic (exact) mass is 370 g/mol. The van der Waals surface area contributed by atoms with Crippen molar-refractivity contribution >= 4 is 5.91 Å². The molecule has 4 nitrogen and oxygen atoms in total. The van der Waals surface area contributed by atoms with Crippen molar-refractivity contribution in [3.8, 4) is 5.75 Å². The lowest BCUT2D eigenvalue weighted by molar-refractivity contribution is -0.125. The minimum atomic E-state index is 0.0711. The number of rotatable bonds is 7. The molecular weight excluding hydrogens is 336 g/mol. The van der Waals surface area contributed by atoms with Gasteiger partial charge in [-0.3, -0.25) is 4.79 Å². The van der Waals surface area contributed by atoms with Crippen molar-refractivity contribution in [2.75, 3.05) is 13.7 Å². The third-order valence-electron chi connectivity index (χ3n) is 7.56. The molecule has 0 heterocycles. The molecule has 0 radical (unpaired) electrons. The molecule has 2 N–H and O–H groups in total. The van der Waals surface area contributed by atoms with Crippen molar-refractivity contribution in [1.29, 1.82) is 0 Å². The van der Waals surface area contributed by atoms with Crippen LogP contribution in [0.3, 0.4) is 0 Å². The molecule has 4 fully saturated rings. The summed E-state index contributed by atoms with van der Waals surface area (Å²) in [7, 11) is 1.69. The van der Waals surface area contributed by atoms with Gasteiger partial charge in [-0.25, -0.2) is 0 Å². The van der Waals surface area contributed by atoms with Crippen molar-refractivity contribution < 1.29 is 9.53 Å². The lowest BCUT2D eigenvalue weighted by Gasteiger charge is -2.59. The van der Waals surface area contributed by atoms with Gasteiger partial charge in [0.05, 0.1) is 13.7 Å². The highest BCUT2D eigenvalue weighted by atomic mass is 16.5. The Labute approximate surface area is 163 Å². The van der Waals surface area contributed by atoms with Gasteiger partial charge in [-0.1, -0.05) is 18.2 Å². The van der Waals surface area contributed by atoms with Crippen molar-refractivity contribution in [2.45, 2.75) is 64.5 Å². The first-order valence-corrected chi connectivity index (χ1v) is 10.6. The minimum Gasteiger partial charge on any atom is -0.496 e. The normalized spacial score (nSPS) is 33.5. The second-order valence-electron chi connectivity index (χ2n) is 9.41. The number of hydrogen-bond donors (Lipinski definition) is 2. The highest BCUT2D eigenvalue weighted by Crippen LogP contribution is 2.61. The van der Waals surface area contributed by atoms with Crippen molar-refractivity contribution in [2.24, 2.45) is 23.2 Å². The van der Waals surface area contributed by atoms with Gasteiger partial charge >= 0.3 is 0 Å². The third-order valence-corrected chi connectivity index (χ3v) is 7.56. The number of carbonyl (C=O) groups is 1. The van der Waals surface area contributed by atoms with Crippen LogP contribution >= 0.6 is 0 Å². The largest absolute Gasteiger partial charge is 0.496 e. The first kappa shape index (κ1) is 18.8. The Hall–Kier alpha value is -1.55. The highest BCUT2D eigenvalue weighted by molar-refractivity contribution is 5.78. The summed E-state index contributed by atoms with van der Waals surface area (Å²) in [5, 5.41) is 6.70. The predicted molar refractivity (Wildman–Crippen MR) is 108 cm³/mol. The van der Waals surface area contributed by atoms with Crippen LogP contribution in [0.4, 0.5) is 0 Å². The highest BCUT2D eigenvalue weighted by Gasteiger charge is 2.53. The molecular formula is C23H34N2O2. The average Bonchev–Trinajstić information content (AvgIpc) is 2.65. The van der Waals surface area contributed by atoms with E-state index in [4.69, 9.17) is 4.74 Å². The summed E-state index contributed by atoms with van der Waals surface area (Å²) >= 11 is 0. The van der Waals surface area contributed by atoms with E-state index in [1.807, 2.05) is 24.3 Å². The maximum atomic E-state index is 12.6. The number of hydrogen-bond acceptors (Lipinski definition) is 3. The van der Waals surface area contributed by atoms with Gasteiger partial charge < -0.3 is 15.4 Å². The quantitative estimate of drug-likeness (QED) is 0.761. The molecule has 4 aliphatic rings. The molecule has 148 valence electrons. The van der Waals surface area contributed by atoms with Crippen LogP contribution < -0.4 is 15.4 Å². The molecule has 1 aromatic rings. The van der Waals surface area contributed by atoms with E-state index in [1.165, 1.54) is 38.5 Å². The van der Waals surface area contributed by atoms with Crippen LogP contribution in [0.25, 0.3) is 0 Å². The number of nitrogens with one attached hydrogen (secondary N) is 2. The van der Waals surface area contributed by atoms with Crippen LogP contribution in [0.1, 0.15) is 64.0 Å². The number of carbonyl (C=O) groups excluding carboxylic acids is 1. The van der Waals surface area contributed by atoms with E-state index >= 15 is 0 Å². The maximum Gasteiger partial charge on any atom is 0.234 e. The number of methoxy groups -OCH3 is 1. The van der Waals surface area contributed by atoms with Crippen LogP contribution in [0.15, 0.2) is 24.3 Å². The molecule has 0 spiro atoms. The third kappa shape index (κ3) is 3.73. The van der Waals surface area contributed by atoms with E-state index in [-0.39, 0.29) is 18.0 Å². The number of amides is 1. The number of ether oxygens (including phenoxy) is 1. The molecule has 5 rings (SSSR count). The van der Waals surface area contributed by atoms with Crippen LogP contribution in [0, 0.1) is 23.2 Å². The maximum absolute atomic E-state index is 12.6. The molecule has 1 amide bonds. The molecule has 0 saturated heterocycles. The van der Waals surface area contributed by atoms with E-state index in [0.29, 0.717) is 12.0 Å². The van der Waals surface area contributed by atoms with Gasteiger partial charge in [0.1, 0.15) is 5.75 Å². The van der Waals surface area contributed by atoms with Gasteiger partial charge in [0.2, 0.25) is 5.91 Å². The van der Waals surface area contributed by atoms with Gasteiger partial charge in [-0.2, -0.15) is 0 Å². The van der Waals surface area contributed by atoms with Gasteiger partial charge in [-0.05, 0) is 81.6 Å². The molecule has 4 aliphatic carbocycles. The van der Waals surface area contributed by atoms with Crippen LogP contribution in [0.5, 0.6) is 5.75 Å². The fourth-order valence-corrected chi connectivity index (χ4v) is 6.53. The molecule has 0 aromatic heterocycles. The first-order valence-electron chi connectivity index (χ1n) is 10.6. The smallest absolute Gasteiger partial charge is 0.234 e. The Bertz CT molecular complexity index is 651. The van der Waals surface area contributed by atoms with Crippen molar-refractivity contribution in [3.63, 3.8) is 0 Å². The predicted octanol–water partition coefficient (Wildman–Crippen LogP) is 4.07. The van der Waals surface area contributed by atoms with Crippen LogP contribution in [0.2, 0.25) is 0 Å². The summed E-state index contributed by atoms with van der Waals surface area (Å²) in [6.07, 6.45) is 8.30. The fourth-order valence-electron chi connectivity index (χ4n) is 6.53. The van der Waals surface area contributed by atoms with Gasteiger partial charge in [0.25, 0.3) is 0 Å². The summed E-state index contributed by atoms with van der Waals surface area (Å²) in [6, 6.07) is 8.33. The zero-order valence-electron chi connectivity index (χ0n) is 17.0. The zero-order valence-corrected chi connectivity index (χ0v) is 17.0. The Morgan fingerprint density at radius 1 is 1.11 bits per heavy atom. The second-order valence-corrected chi connectivity index (χ2v) is 9.41. The Kier molecular flexibility index (Phi) is 5.19. The molecule has 0 unspecified atom stereocenters. The Balaban J connectivity index is 1.32. The topological polar surface area (TPSA) is 50.4 Å². The summed E-state index contributed by atoms with van der Waals surface area (Å²) in [6.45, 7) is 4.66. The number of para-hydroxylation sites is 1. The number of benzene rings is 1. The SMILES string of the molecule is COc1ccccc1[C@H](C)NCC(=O)N[C@@H](C)C12CC3CC(CC(C3)C1)C2. The standard InChI is InChI=1S/C23H34N2O2/c1-15(20-6-4-5-7-21(20)27-3)24-14-22(26)25-16(2)23-11-17-8-18(12-23)10-19(9-17)13-23/h4-7,15-19,24H,8-14H2,1-3H3,(H,25,26)/t15-,16-,17?,18?,19?,23?/m0/s1. The van der Waals surface area contributed by atoms with E-state index < -0.39 is 0 Å². The molecule has 4 saturated carbocycles. The average molecular weight is 371 g/mol. The fraction of sp³-hybridized carbons (Fsp3) is 0.696. The van der Waals surface area contributed by atoms with Crippen molar-refractivity contribution in [3.05, 3.63) is 29.8 Å². The molecule has 2 atom stereocenters. The van der Waals surface area contributed by atoms with Gasteiger partial charge in [0, 0.05) is 17.6 Å². The molecule has 4 heteroatoms. The Morgan fingerprint density at radius 3 is 2.30 bits per heavy atom. The van der Waals surface area contributed by atoms with E-state index in [1.54, 1.807) is 7.11 Å².